The van der Waals surface area contributed by atoms with Gasteiger partial charge in [-0.05, 0) is 36.5 Å². The van der Waals surface area contributed by atoms with Gasteiger partial charge in [0, 0.05) is 6.20 Å². The summed E-state index contributed by atoms with van der Waals surface area (Å²) in [6.45, 7) is 2.72. The molecule has 1 N–H and O–H groups in total. The van der Waals surface area contributed by atoms with Gasteiger partial charge in [-0.15, -0.1) is 0 Å². The predicted molar refractivity (Wildman–Crippen MR) is 66.0 cm³/mol. The fraction of sp³-hybridized carbons (Fsp3) is 0.385. The number of carbonyl (C=O) groups is 1. The van der Waals surface area contributed by atoms with Gasteiger partial charge in [0.15, 0.2) is 0 Å². The molecule has 1 fully saturated rings. The van der Waals surface area contributed by atoms with Crippen molar-refractivity contribution in [1.82, 2.24) is 15.1 Å². The summed E-state index contributed by atoms with van der Waals surface area (Å²) in [5, 5.41) is 4.09. The molecule has 2 aromatic heterocycles. The molecule has 3 rings (SSSR count). The van der Waals surface area contributed by atoms with E-state index in [9.17, 15) is 4.79 Å². The third-order valence-corrected chi connectivity index (χ3v) is 3.37. The smallest absolute Gasteiger partial charge is 0.273 e. The molecule has 0 aliphatic heterocycles. The van der Waals surface area contributed by atoms with Crippen LogP contribution in [0.1, 0.15) is 30.1 Å². The molecule has 0 atom stereocenters. The lowest BCUT2D eigenvalue weighted by Gasteiger charge is -2.10. The molecule has 0 radical (unpaired) electrons. The predicted octanol–water partition coefficient (Wildman–Crippen LogP) is 1.80. The third kappa shape index (κ3) is 2.09. The van der Waals surface area contributed by atoms with Crippen LogP contribution in [0, 0.1) is 5.41 Å². The average molecular weight is 245 g/mol. The van der Waals surface area contributed by atoms with Gasteiger partial charge in [0.2, 0.25) is 0 Å². The molecule has 2 aromatic rings. The van der Waals surface area contributed by atoms with Crippen LogP contribution in [0.15, 0.2) is 30.6 Å². The summed E-state index contributed by atoms with van der Waals surface area (Å²) in [5.41, 5.74) is 4.10. The number of nitrogens with zero attached hydrogens (tertiary/aromatic N) is 2. The van der Waals surface area contributed by atoms with Crippen LogP contribution in [0.4, 0.5) is 0 Å². The Hall–Kier alpha value is -1.88. The summed E-state index contributed by atoms with van der Waals surface area (Å²) < 4.78 is 1.66. The fourth-order valence-corrected chi connectivity index (χ4v) is 1.83. The number of hydroxylamine groups is 1. The number of amides is 1. The quantitative estimate of drug-likeness (QED) is 0.835. The highest BCUT2D eigenvalue weighted by Crippen LogP contribution is 2.44. The Morgan fingerprint density at radius 3 is 3.17 bits per heavy atom. The van der Waals surface area contributed by atoms with Gasteiger partial charge in [0.1, 0.15) is 0 Å². The second-order valence-corrected chi connectivity index (χ2v) is 5.11. The fourth-order valence-electron chi connectivity index (χ4n) is 1.83. The number of pyridine rings is 1. The van der Waals surface area contributed by atoms with E-state index in [1.165, 1.54) is 12.8 Å². The highest BCUT2D eigenvalue weighted by Gasteiger charge is 2.37. The van der Waals surface area contributed by atoms with Crippen molar-refractivity contribution < 1.29 is 9.63 Å². The van der Waals surface area contributed by atoms with E-state index in [1.54, 1.807) is 35.1 Å². The van der Waals surface area contributed by atoms with Crippen LogP contribution in [0.2, 0.25) is 0 Å². The highest BCUT2D eigenvalue weighted by molar-refractivity contribution is 6.00. The summed E-state index contributed by atoms with van der Waals surface area (Å²) in [6, 6.07) is 5.35. The van der Waals surface area contributed by atoms with Crippen LogP contribution in [-0.2, 0) is 4.84 Å². The van der Waals surface area contributed by atoms with Crippen molar-refractivity contribution in [3.63, 3.8) is 0 Å². The Bertz CT molecular complexity index is 587. The first-order valence-corrected chi connectivity index (χ1v) is 6.02. The largest absolute Gasteiger partial charge is 0.277 e. The summed E-state index contributed by atoms with van der Waals surface area (Å²) in [4.78, 5) is 17.3. The van der Waals surface area contributed by atoms with E-state index in [2.05, 4.69) is 17.5 Å². The van der Waals surface area contributed by atoms with Crippen molar-refractivity contribution in [3.05, 3.63) is 36.2 Å². The Labute approximate surface area is 105 Å². The molecule has 0 saturated heterocycles. The Morgan fingerprint density at radius 1 is 1.56 bits per heavy atom. The van der Waals surface area contributed by atoms with Gasteiger partial charge in [-0.3, -0.25) is 9.63 Å². The van der Waals surface area contributed by atoms with Crippen LogP contribution < -0.4 is 5.48 Å². The van der Waals surface area contributed by atoms with Crippen molar-refractivity contribution in [2.24, 2.45) is 5.41 Å². The first-order chi connectivity index (χ1) is 8.68. The summed E-state index contributed by atoms with van der Waals surface area (Å²) >= 11 is 0. The SMILES string of the molecule is CC1(CONC(=O)c2cccn3nccc23)CC1. The maximum absolute atomic E-state index is 12.0. The van der Waals surface area contributed by atoms with Crippen LogP contribution >= 0.6 is 0 Å². The maximum Gasteiger partial charge on any atom is 0.277 e. The zero-order chi connectivity index (χ0) is 12.6. The monoisotopic (exact) mass is 245 g/mol. The highest BCUT2D eigenvalue weighted by atomic mass is 16.7. The van der Waals surface area contributed by atoms with E-state index < -0.39 is 0 Å². The summed E-state index contributed by atoms with van der Waals surface area (Å²) in [6.07, 6.45) is 5.80. The van der Waals surface area contributed by atoms with Crippen molar-refractivity contribution in [1.29, 1.82) is 0 Å². The van der Waals surface area contributed by atoms with E-state index in [4.69, 9.17) is 4.84 Å². The first-order valence-electron chi connectivity index (χ1n) is 6.02. The molecule has 2 heterocycles. The number of fused-ring (bicyclic) bond motifs is 1. The normalized spacial score (nSPS) is 16.7. The number of hydrogen-bond acceptors (Lipinski definition) is 3. The van der Waals surface area contributed by atoms with E-state index in [-0.39, 0.29) is 11.3 Å². The maximum atomic E-state index is 12.0. The number of hydrogen-bond donors (Lipinski definition) is 1. The number of nitrogens with one attached hydrogen (secondary N) is 1. The second kappa shape index (κ2) is 4.10. The first kappa shape index (κ1) is 11.2. The Balaban J connectivity index is 1.69. The lowest BCUT2D eigenvalue weighted by molar-refractivity contribution is 0.0145. The van der Waals surface area contributed by atoms with Crippen LogP contribution in [0.3, 0.4) is 0 Å². The average Bonchev–Trinajstić information content (AvgIpc) is 2.92. The van der Waals surface area contributed by atoms with Gasteiger partial charge in [-0.25, -0.2) is 10.00 Å². The Morgan fingerprint density at radius 2 is 2.39 bits per heavy atom. The van der Waals surface area contributed by atoms with Crippen molar-refractivity contribution in [3.8, 4) is 0 Å². The molecule has 0 unspecified atom stereocenters. The van der Waals surface area contributed by atoms with E-state index >= 15 is 0 Å². The van der Waals surface area contributed by atoms with E-state index in [0.29, 0.717) is 12.2 Å². The van der Waals surface area contributed by atoms with E-state index in [0.717, 1.165) is 5.52 Å². The van der Waals surface area contributed by atoms with Crippen molar-refractivity contribution in [2.45, 2.75) is 19.8 Å². The van der Waals surface area contributed by atoms with Gasteiger partial charge < -0.3 is 0 Å². The number of rotatable bonds is 4. The van der Waals surface area contributed by atoms with Gasteiger partial charge in [-0.1, -0.05) is 6.92 Å². The van der Waals surface area contributed by atoms with Crippen LogP contribution in [0.5, 0.6) is 0 Å². The molecule has 18 heavy (non-hydrogen) atoms. The molecule has 1 saturated carbocycles. The summed E-state index contributed by atoms with van der Waals surface area (Å²) in [5.74, 6) is -0.231. The van der Waals surface area contributed by atoms with Gasteiger partial charge in [0.25, 0.3) is 5.91 Å². The lowest BCUT2D eigenvalue weighted by Crippen LogP contribution is -2.26. The molecule has 5 heteroatoms. The zero-order valence-corrected chi connectivity index (χ0v) is 10.2. The second-order valence-electron chi connectivity index (χ2n) is 5.11. The molecule has 1 amide bonds. The molecule has 0 spiro atoms. The molecule has 0 aromatic carbocycles. The van der Waals surface area contributed by atoms with Gasteiger partial charge in [-0.2, -0.15) is 5.10 Å². The van der Waals surface area contributed by atoms with Crippen molar-refractivity contribution in [2.75, 3.05) is 6.61 Å². The minimum atomic E-state index is -0.231. The molecule has 1 aliphatic carbocycles. The standard InChI is InChI=1S/C13H15N3O2/c1-13(5-6-13)9-18-15-12(17)10-3-2-8-16-11(10)4-7-14-16/h2-4,7-8H,5-6,9H2,1H3,(H,15,17). The molecule has 0 bridgehead atoms. The number of carbonyl (C=O) groups excluding carboxylic acids is 1. The Kier molecular flexibility index (Phi) is 2.56. The number of aromatic nitrogens is 2. The van der Waals surface area contributed by atoms with Gasteiger partial charge in [0.05, 0.1) is 23.9 Å². The molecule has 1 aliphatic rings. The topological polar surface area (TPSA) is 55.6 Å². The molecular weight excluding hydrogens is 230 g/mol. The van der Waals surface area contributed by atoms with Crippen LogP contribution in [0.25, 0.3) is 5.52 Å². The minimum absolute atomic E-state index is 0.231. The molecular formula is C13H15N3O2. The van der Waals surface area contributed by atoms with E-state index in [1.807, 2.05) is 0 Å². The lowest BCUT2D eigenvalue weighted by atomic mass is 10.2. The van der Waals surface area contributed by atoms with Crippen LogP contribution in [-0.4, -0.2) is 22.1 Å². The molecule has 94 valence electrons. The zero-order valence-electron chi connectivity index (χ0n) is 10.2. The van der Waals surface area contributed by atoms with Gasteiger partial charge >= 0.3 is 0 Å². The molecule has 5 nitrogen and oxygen atoms in total. The third-order valence-electron chi connectivity index (χ3n) is 3.37. The summed E-state index contributed by atoms with van der Waals surface area (Å²) in [7, 11) is 0. The minimum Gasteiger partial charge on any atom is -0.273 e. The van der Waals surface area contributed by atoms with Crippen molar-refractivity contribution >= 4 is 11.4 Å².